The molecule has 1 aromatic carbocycles. The van der Waals surface area contributed by atoms with Gasteiger partial charge in [0.25, 0.3) is 0 Å². The van der Waals surface area contributed by atoms with Gasteiger partial charge in [0, 0.05) is 18.2 Å². The molecule has 1 atom stereocenters. The summed E-state index contributed by atoms with van der Waals surface area (Å²) in [6.07, 6.45) is 0.200. The Bertz CT molecular complexity index is 634. The van der Waals surface area contributed by atoms with Crippen molar-refractivity contribution in [3.05, 3.63) is 41.9 Å². The van der Waals surface area contributed by atoms with Crippen LogP contribution in [0.4, 0.5) is 5.69 Å². The van der Waals surface area contributed by atoms with E-state index < -0.39 is 12.1 Å². The molecule has 1 aromatic rings. The number of ether oxygens (including phenoxy) is 3. The summed E-state index contributed by atoms with van der Waals surface area (Å²) in [7, 11) is 0. The Morgan fingerprint density at radius 1 is 1.17 bits per heavy atom. The minimum atomic E-state index is -0.972. The summed E-state index contributed by atoms with van der Waals surface area (Å²) in [6, 6.07) is 6.31. The summed E-state index contributed by atoms with van der Waals surface area (Å²) in [6.45, 7) is 3.50. The molecule has 23 heavy (non-hydrogen) atoms. The van der Waals surface area contributed by atoms with Gasteiger partial charge in [0.05, 0.1) is 0 Å². The van der Waals surface area contributed by atoms with E-state index in [1.165, 1.54) is 20.1 Å². The molecule has 0 saturated carbocycles. The van der Waals surface area contributed by atoms with Crippen molar-refractivity contribution in [1.29, 1.82) is 0 Å². The van der Waals surface area contributed by atoms with Gasteiger partial charge in [-0.25, -0.2) is 4.79 Å². The number of esters is 1. The van der Waals surface area contributed by atoms with Gasteiger partial charge in [-0.3, -0.25) is 9.59 Å². The maximum Gasteiger partial charge on any atom is 0.377 e. The van der Waals surface area contributed by atoms with Gasteiger partial charge in [0.15, 0.2) is 6.10 Å². The van der Waals surface area contributed by atoms with E-state index in [9.17, 15) is 14.4 Å². The number of amides is 1. The number of ketones is 1. The molecule has 122 valence electrons. The fourth-order valence-electron chi connectivity index (χ4n) is 1.90. The van der Waals surface area contributed by atoms with Gasteiger partial charge in [-0.1, -0.05) is 0 Å². The lowest BCUT2D eigenvalue weighted by Crippen LogP contribution is -2.27. The highest BCUT2D eigenvalue weighted by atomic mass is 16.6. The number of benzene rings is 1. The van der Waals surface area contributed by atoms with Gasteiger partial charge in [0.2, 0.25) is 17.4 Å². The normalized spacial score (nSPS) is 14.6. The minimum absolute atomic E-state index is 0.0584. The fraction of sp³-hybridized carbons (Fsp3) is 0.312. The molecular formula is C16H17NO6. The van der Waals surface area contributed by atoms with Crippen LogP contribution in [0, 0.1) is 0 Å². The number of carbonyl (C=O) groups excluding carboxylic acids is 3. The molecule has 0 spiro atoms. The number of hydrogen-bond acceptors (Lipinski definition) is 6. The highest BCUT2D eigenvalue weighted by Crippen LogP contribution is 2.14. The van der Waals surface area contributed by atoms with E-state index in [0.717, 1.165) is 0 Å². The van der Waals surface area contributed by atoms with Crippen molar-refractivity contribution in [2.45, 2.75) is 20.0 Å². The third-order valence-corrected chi connectivity index (χ3v) is 2.99. The first-order valence-electron chi connectivity index (χ1n) is 7.05. The second-order valence-corrected chi connectivity index (χ2v) is 4.87. The summed E-state index contributed by atoms with van der Waals surface area (Å²) in [5, 5.41) is 2.60. The van der Waals surface area contributed by atoms with Crippen LogP contribution in [0.3, 0.4) is 0 Å². The largest absolute Gasteiger partial charge is 0.493 e. The Balaban J connectivity index is 1.97. The number of rotatable bonds is 5. The molecule has 0 aliphatic carbocycles. The van der Waals surface area contributed by atoms with Crippen LogP contribution in [-0.4, -0.2) is 37.0 Å². The molecule has 1 N–H and O–H groups in total. The summed E-state index contributed by atoms with van der Waals surface area (Å²) in [5.74, 6) is -1.36. The summed E-state index contributed by atoms with van der Waals surface area (Å²) in [5.41, 5.74) is 0.950. The van der Waals surface area contributed by atoms with Crippen LogP contribution < -0.4 is 5.32 Å². The first-order valence-corrected chi connectivity index (χ1v) is 7.05. The fourth-order valence-corrected chi connectivity index (χ4v) is 1.90. The molecule has 0 unspecified atom stereocenters. The topological polar surface area (TPSA) is 90.9 Å². The second kappa shape index (κ2) is 7.44. The molecule has 0 saturated heterocycles. The van der Waals surface area contributed by atoms with Crippen molar-refractivity contribution in [3.63, 3.8) is 0 Å². The average Bonchev–Trinajstić information content (AvgIpc) is 2.55. The molecule has 7 nitrogen and oxygen atoms in total. The molecule has 7 heteroatoms. The number of anilines is 1. The lowest BCUT2D eigenvalue weighted by Gasteiger charge is -2.17. The summed E-state index contributed by atoms with van der Waals surface area (Å²) >= 11 is 0. The van der Waals surface area contributed by atoms with Crippen LogP contribution >= 0.6 is 0 Å². The van der Waals surface area contributed by atoms with Crippen LogP contribution in [-0.2, 0) is 23.8 Å². The van der Waals surface area contributed by atoms with Crippen LogP contribution in [0.25, 0.3) is 0 Å². The quantitative estimate of drug-likeness (QED) is 0.655. The molecule has 0 fully saturated rings. The van der Waals surface area contributed by atoms with Crippen LogP contribution in [0.5, 0.6) is 0 Å². The Hall–Kier alpha value is -2.83. The van der Waals surface area contributed by atoms with Crippen molar-refractivity contribution in [1.82, 2.24) is 0 Å². The lowest BCUT2D eigenvalue weighted by molar-refractivity contribution is -0.147. The van der Waals surface area contributed by atoms with Gasteiger partial charge in [0.1, 0.15) is 19.5 Å². The van der Waals surface area contributed by atoms with Gasteiger partial charge < -0.3 is 19.5 Å². The van der Waals surface area contributed by atoms with Gasteiger partial charge >= 0.3 is 5.97 Å². The predicted molar refractivity (Wildman–Crippen MR) is 80.6 cm³/mol. The third-order valence-electron chi connectivity index (χ3n) is 2.99. The zero-order valence-corrected chi connectivity index (χ0v) is 12.8. The molecule has 0 radical (unpaired) electrons. The van der Waals surface area contributed by atoms with Crippen molar-refractivity contribution < 1.29 is 28.6 Å². The highest BCUT2D eigenvalue weighted by molar-refractivity contribution is 6.01. The highest BCUT2D eigenvalue weighted by Gasteiger charge is 2.24. The number of hydrogen-bond donors (Lipinski definition) is 1. The Morgan fingerprint density at radius 2 is 1.87 bits per heavy atom. The van der Waals surface area contributed by atoms with Crippen LogP contribution in [0.15, 0.2) is 36.3 Å². The standard InChI is InChI=1S/C16H17NO6/c1-10(23-16(20)14-9-21-7-8-22-14)15(19)12-3-5-13(6-4-12)17-11(2)18/h3-6,9-10H,7-8H2,1-2H3,(H,17,18)/t10-/m1/s1. The molecule has 1 amide bonds. The molecule has 2 rings (SSSR count). The van der Waals surface area contributed by atoms with E-state index in [1.807, 2.05) is 0 Å². The van der Waals surface area contributed by atoms with Crippen molar-refractivity contribution in [3.8, 4) is 0 Å². The Labute approximate surface area is 133 Å². The first-order chi connectivity index (χ1) is 11.0. The van der Waals surface area contributed by atoms with E-state index in [2.05, 4.69) is 5.32 Å². The summed E-state index contributed by atoms with van der Waals surface area (Å²) < 4.78 is 15.1. The molecule has 1 aliphatic heterocycles. The van der Waals surface area contributed by atoms with Crippen LogP contribution in [0.1, 0.15) is 24.2 Å². The number of nitrogens with one attached hydrogen (secondary N) is 1. The van der Waals surface area contributed by atoms with Gasteiger partial charge in [-0.05, 0) is 31.2 Å². The van der Waals surface area contributed by atoms with Crippen molar-refractivity contribution in [2.24, 2.45) is 0 Å². The predicted octanol–water partition coefficient (Wildman–Crippen LogP) is 1.65. The zero-order valence-electron chi connectivity index (χ0n) is 12.8. The van der Waals surface area contributed by atoms with E-state index in [-0.39, 0.29) is 24.1 Å². The molecule has 1 aliphatic rings. The smallest absolute Gasteiger partial charge is 0.377 e. The zero-order chi connectivity index (χ0) is 16.8. The van der Waals surface area contributed by atoms with Crippen LogP contribution in [0.2, 0.25) is 0 Å². The monoisotopic (exact) mass is 319 g/mol. The second-order valence-electron chi connectivity index (χ2n) is 4.87. The SMILES string of the molecule is CC(=O)Nc1ccc(C(=O)[C@@H](C)OC(=O)C2=COCCO2)cc1. The third kappa shape index (κ3) is 4.57. The van der Waals surface area contributed by atoms with Crippen molar-refractivity contribution in [2.75, 3.05) is 18.5 Å². The van der Waals surface area contributed by atoms with E-state index in [0.29, 0.717) is 17.9 Å². The molecule has 0 bridgehead atoms. The maximum absolute atomic E-state index is 12.2. The number of carbonyl (C=O) groups is 3. The maximum atomic E-state index is 12.2. The van der Waals surface area contributed by atoms with E-state index in [1.54, 1.807) is 24.3 Å². The Kier molecular flexibility index (Phi) is 5.35. The minimum Gasteiger partial charge on any atom is -0.493 e. The van der Waals surface area contributed by atoms with Crippen molar-refractivity contribution >= 4 is 23.3 Å². The van der Waals surface area contributed by atoms with E-state index >= 15 is 0 Å². The number of Topliss-reactive ketones (excluding diaryl/α,β-unsaturated/α-hetero) is 1. The molecule has 1 heterocycles. The van der Waals surface area contributed by atoms with Gasteiger partial charge in [-0.15, -0.1) is 0 Å². The molecule has 0 aromatic heterocycles. The Morgan fingerprint density at radius 3 is 2.43 bits per heavy atom. The van der Waals surface area contributed by atoms with Gasteiger partial charge in [-0.2, -0.15) is 0 Å². The molecular weight excluding hydrogens is 302 g/mol. The summed E-state index contributed by atoms with van der Waals surface area (Å²) in [4.78, 5) is 35.0. The van der Waals surface area contributed by atoms with E-state index in [4.69, 9.17) is 14.2 Å². The first kappa shape index (κ1) is 16.5. The lowest BCUT2D eigenvalue weighted by atomic mass is 10.1. The average molecular weight is 319 g/mol.